The molecule has 0 aromatic carbocycles. The van der Waals surface area contributed by atoms with Crippen molar-refractivity contribution in [1.82, 2.24) is 0 Å². The van der Waals surface area contributed by atoms with E-state index in [0.717, 1.165) is 0 Å². The largest absolute Gasteiger partial charge is 0.397 e. The molecule has 0 saturated carbocycles. The zero-order valence-electron chi connectivity index (χ0n) is 5.18. The van der Waals surface area contributed by atoms with E-state index in [9.17, 15) is 0 Å². The van der Waals surface area contributed by atoms with Crippen LogP contribution >= 0.6 is 0 Å². The van der Waals surface area contributed by atoms with Crippen LogP contribution in [-0.2, 0) is 0 Å². The molecule has 0 amide bonds. The smallest absolute Gasteiger partial charge is 0.187 e. The predicted octanol–water partition coefficient (Wildman–Crippen LogP) is -1.98. The summed E-state index contributed by atoms with van der Waals surface area (Å²) >= 11 is 0. The molecule has 0 unspecified atom stereocenters. The molecule has 0 aliphatic rings. The van der Waals surface area contributed by atoms with Gasteiger partial charge in [0.25, 0.3) is 0 Å². The summed E-state index contributed by atoms with van der Waals surface area (Å²) in [5.41, 5.74) is 0. The van der Waals surface area contributed by atoms with Gasteiger partial charge in [0.05, 0.1) is 0 Å². The first-order valence-corrected chi connectivity index (χ1v) is 2.44. The quantitative estimate of drug-likeness (QED) is 0.409. The molecule has 2 N–H and O–H groups in total. The second-order valence-electron chi connectivity index (χ2n) is 1.41. The molecule has 0 aromatic rings. The molecular weight excluding hydrogens is 146 g/mol. The molecule has 0 aliphatic heterocycles. The van der Waals surface area contributed by atoms with Crippen LogP contribution in [0.25, 0.3) is 0 Å². The van der Waals surface area contributed by atoms with E-state index in [1.807, 2.05) is 0 Å². The summed E-state index contributed by atoms with van der Waals surface area (Å²) in [6.07, 6.45) is -0.167. The molecule has 0 heterocycles. The second-order valence-corrected chi connectivity index (χ2v) is 1.41. The average Bonchev–Trinajstić information content (AvgIpc) is 1.33. The molecule has 0 spiro atoms. The lowest BCUT2D eigenvalue weighted by molar-refractivity contribution is 0.216. The molecule has 0 radical (unpaired) electrons. The van der Waals surface area contributed by atoms with Gasteiger partial charge in [-0.15, -0.1) is 0 Å². The lowest BCUT2D eigenvalue weighted by Crippen LogP contribution is -1.85. The van der Waals surface area contributed by atoms with Crippen LogP contribution in [0.15, 0.2) is 0 Å². The molecule has 0 aromatic heterocycles. The first-order chi connectivity index (χ1) is 3.15. The third-order valence-corrected chi connectivity index (χ3v) is 0. The average molecular weight is 166 g/mol. The monoisotopic (exact) mass is 166 g/mol. The second kappa shape index (κ2) is 23.1. The Bertz CT molecular complexity index is 24.2. The Balaban J connectivity index is -0.0000000233. The predicted molar refractivity (Wildman–Crippen MR) is 50.0 cm³/mol. The van der Waals surface area contributed by atoms with Gasteiger partial charge in [-0.1, -0.05) is 0 Å². The minimum atomic E-state index is -0.167. The highest BCUT2D eigenvalue weighted by atomic mass is 27.0. The highest BCUT2D eigenvalue weighted by molar-refractivity contribution is 5.76. The van der Waals surface area contributed by atoms with Gasteiger partial charge < -0.3 is 10.2 Å². The molecule has 0 fully saturated rings. The van der Waals surface area contributed by atoms with Crippen molar-refractivity contribution in [2.24, 2.45) is 0 Å². The van der Waals surface area contributed by atoms with Crippen LogP contribution in [0.1, 0.15) is 20.8 Å². The number of hydrogen-bond acceptors (Lipinski definition) is 2. The minimum Gasteiger partial charge on any atom is -0.397 e. The molecule has 0 bridgehead atoms. The summed E-state index contributed by atoms with van der Waals surface area (Å²) in [5.74, 6) is 0. The van der Waals surface area contributed by atoms with E-state index in [1.54, 1.807) is 20.8 Å². The van der Waals surface area contributed by atoms with Crippen LogP contribution in [0.2, 0.25) is 0 Å². The maximum absolute atomic E-state index is 8.06. The van der Waals surface area contributed by atoms with E-state index in [4.69, 9.17) is 10.2 Å². The first-order valence-electron chi connectivity index (χ1n) is 2.44. The maximum Gasteiger partial charge on any atom is 0.187 e. The van der Waals surface area contributed by atoms with Crippen molar-refractivity contribution >= 4 is 34.7 Å². The number of aliphatic hydroxyl groups is 2. The molecule has 0 aliphatic carbocycles. The minimum absolute atomic E-state index is 0. The summed E-state index contributed by atoms with van der Waals surface area (Å²) < 4.78 is 0. The molecule has 0 atom stereocenters. The van der Waals surface area contributed by atoms with Gasteiger partial charge in [0.15, 0.2) is 34.7 Å². The Morgan fingerprint density at radius 1 is 1.22 bits per heavy atom. The zero-order chi connectivity index (χ0) is 6.28. The van der Waals surface area contributed by atoms with Crippen molar-refractivity contribution < 1.29 is 10.2 Å². The Labute approximate surface area is 78.5 Å². The summed E-state index contributed by atoms with van der Waals surface area (Å²) in [5, 5.41) is 15.6. The molecule has 0 rings (SSSR count). The number of aliphatic hydroxyl groups excluding tert-OH is 2. The fourth-order valence-electron chi connectivity index (χ4n) is 0. The van der Waals surface area contributed by atoms with Crippen molar-refractivity contribution in [3.8, 4) is 0 Å². The van der Waals surface area contributed by atoms with Crippen molar-refractivity contribution in [2.45, 2.75) is 26.9 Å². The van der Waals surface area contributed by atoms with E-state index < -0.39 is 0 Å². The highest BCUT2D eigenvalue weighted by Gasteiger charge is 1.69. The lowest BCUT2D eigenvalue weighted by atomic mass is 10.5. The molecule has 2 nitrogen and oxygen atoms in total. The van der Waals surface area contributed by atoms with Crippen molar-refractivity contribution in [3.05, 3.63) is 0 Å². The van der Waals surface area contributed by atoms with E-state index in [1.165, 1.54) is 0 Å². The van der Waals surface area contributed by atoms with Gasteiger partial charge in [-0.25, -0.2) is 0 Å². The summed E-state index contributed by atoms with van der Waals surface area (Å²) in [4.78, 5) is 0. The van der Waals surface area contributed by atoms with E-state index in [-0.39, 0.29) is 47.4 Å². The summed E-state index contributed by atoms with van der Waals surface area (Å²) in [7, 11) is 0. The van der Waals surface area contributed by atoms with Gasteiger partial charge in [-0.05, 0) is 20.8 Å². The van der Waals surface area contributed by atoms with Crippen LogP contribution in [0.3, 0.4) is 0 Å². The third kappa shape index (κ3) is 452. The number of rotatable bonds is 0. The van der Waals surface area contributed by atoms with Crippen molar-refractivity contribution in [2.75, 3.05) is 6.61 Å². The zero-order valence-corrected chi connectivity index (χ0v) is 5.18. The van der Waals surface area contributed by atoms with Gasteiger partial charge in [0, 0.05) is 12.7 Å². The SMILES string of the molecule is CC(C)O.CCO.[AlH3].[AlH3]. The van der Waals surface area contributed by atoms with Crippen LogP contribution in [0, 0.1) is 0 Å². The lowest BCUT2D eigenvalue weighted by Gasteiger charge is -1.80. The summed E-state index contributed by atoms with van der Waals surface area (Å²) in [6.45, 7) is 5.38. The number of hydrogen-bond donors (Lipinski definition) is 2. The van der Waals surface area contributed by atoms with Gasteiger partial charge >= 0.3 is 0 Å². The van der Waals surface area contributed by atoms with Gasteiger partial charge in [0.1, 0.15) is 0 Å². The van der Waals surface area contributed by atoms with Crippen LogP contribution in [0.5, 0.6) is 0 Å². The summed E-state index contributed by atoms with van der Waals surface area (Å²) in [6, 6.07) is 0. The molecule has 9 heavy (non-hydrogen) atoms. The van der Waals surface area contributed by atoms with Gasteiger partial charge in [-0.2, -0.15) is 0 Å². The van der Waals surface area contributed by atoms with Crippen molar-refractivity contribution in [1.29, 1.82) is 0 Å². The van der Waals surface area contributed by atoms with Crippen LogP contribution in [0.4, 0.5) is 0 Å². The molecular formula is C5H20Al2O2. The van der Waals surface area contributed by atoms with E-state index >= 15 is 0 Å². The Kier molecular flexibility index (Phi) is 57.6. The van der Waals surface area contributed by atoms with E-state index in [0.29, 0.717) is 0 Å². The molecule has 0 saturated heterocycles. The first kappa shape index (κ1) is 22.5. The third-order valence-electron chi connectivity index (χ3n) is 0. The Morgan fingerprint density at radius 2 is 1.22 bits per heavy atom. The Morgan fingerprint density at radius 3 is 1.22 bits per heavy atom. The molecule has 58 valence electrons. The topological polar surface area (TPSA) is 40.5 Å². The van der Waals surface area contributed by atoms with E-state index in [2.05, 4.69) is 0 Å². The highest BCUT2D eigenvalue weighted by Crippen LogP contribution is 1.65. The van der Waals surface area contributed by atoms with Crippen molar-refractivity contribution in [3.63, 3.8) is 0 Å². The van der Waals surface area contributed by atoms with Gasteiger partial charge in [-0.3, -0.25) is 0 Å². The fourth-order valence-corrected chi connectivity index (χ4v) is 0. The fraction of sp³-hybridized carbons (Fsp3) is 1.00. The maximum atomic E-state index is 8.06. The normalized spacial score (nSPS) is 6.00. The van der Waals surface area contributed by atoms with Gasteiger partial charge in [0.2, 0.25) is 0 Å². The molecule has 4 heteroatoms. The van der Waals surface area contributed by atoms with Crippen LogP contribution < -0.4 is 0 Å². The standard InChI is InChI=1S/C3H8O.C2H6O.2Al.6H/c1-3(2)4;1-2-3;;;;;;;;/h3-4H,1-2H3;3H,2H2,1H3;;;;;;;;. The van der Waals surface area contributed by atoms with Crippen LogP contribution in [-0.4, -0.2) is 57.6 Å². The Hall–Kier alpha value is 0.985.